The summed E-state index contributed by atoms with van der Waals surface area (Å²) >= 11 is 0. The summed E-state index contributed by atoms with van der Waals surface area (Å²) < 4.78 is 0. The highest BCUT2D eigenvalue weighted by molar-refractivity contribution is 5.74. The molecule has 1 aromatic heterocycles. The summed E-state index contributed by atoms with van der Waals surface area (Å²) in [6.07, 6.45) is 1.74. The van der Waals surface area contributed by atoms with Gasteiger partial charge in [-0.2, -0.15) is 0 Å². The van der Waals surface area contributed by atoms with Crippen molar-refractivity contribution in [3.63, 3.8) is 0 Å². The Hall–Kier alpha value is -2.56. The minimum absolute atomic E-state index is 0.0122. The molecule has 1 N–H and O–H groups in total. The number of nitrogens with zero attached hydrogens (tertiary/aromatic N) is 3. The van der Waals surface area contributed by atoms with E-state index in [1.54, 1.807) is 6.20 Å². The zero-order chi connectivity index (χ0) is 16.9. The van der Waals surface area contributed by atoms with Gasteiger partial charge in [0.15, 0.2) is 0 Å². The number of anilines is 1. The number of para-hydroxylation sites is 1. The molecule has 0 unspecified atom stereocenters. The van der Waals surface area contributed by atoms with Crippen LogP contribution in [0.15, 0.2) is 42.6 Å². The third-order valence-electron chi connectivity index (χ3n) is 4.47. The van der Waals surface area contributed by atoms with Crippen molar-refractivity contribution in [3.05, 3.63) is 59.4 Å². The summed E-state index contributed by atoms with van der Waals surface area (Å²) in [7, 11) is 0. The van der Waals surface area contributed by atoms with Crippen LogP contribution in [-0.2, 0) is 6.54 Å². The predicted molar refractivity (Wildman–Crippen MR) is 96.2 cm³/mol. The minimum atomic E-state index is -0.0122. The van der Waals surface area contributed by atoms with Crippen molar-refractivity contribution in [2.45, 2.75) is 20.4 Å². The molecule has 0 saturated carbocycles. The van der Waals surface area contributed by atoms with Gasteiger partial charge in [0.05, 0.1) is 12.2 Å². The van der Waals surface area contributed by atoms with Crippen molar-refractivity contribution in [2.24, 2.45) is 0 Å². The Bertz CT molecular complexity index is 674. The maximum absolute atomic E-state index is 12.3. The van der Waals surface area contributed by atoms with Crippen LogP contribution in [0.4, 0.5) is 10.5 Å². The number of benzene rings is 1. The van der Waals surface area contributed by atoms with E-state index < -0.39 is 0 Å². The van der Waals surface area contributed by atoms with Gasteiger partial charge in [-0.25, -0.2) is 4.79 Å². The van der Waals surface area contributed by atoms with Crippen LogP contribution in [0.2, 0.25) is 0 Å². The number of pyridine rings is 1. The van der Waals surface area contributed by atoms with Crippen LogP contribution in [0, 0.1) is 13.8 Å². The normalized spacial score (nSPS) is 14.6. The quantitative estimate of drug-likeness (QED) is 0.944. The lowest BCUT2D eigenvalue weighted by Gasteiger charge is -2.37. The molecule has 0 aliphatic carbocycles. The first kappa shape index (κ1) is 16.3. The fraction of sp³-hybridized carbons (Fsp3) is 0.368. The molecule has 5 heteroatoms. The molecule has 0 spiro atoms. The molecule has 2 heterocycles. The highest BCUT2D eigenvalue weighted by atomic mass is 16.2. The minimum Gasteiger partial charge on any atom is -0.368 e. The number of hydrogen-bond donors (Lipinski definition) is 1. The number of urea groups is 1. The fourth-order valence-corrected chi connectivity index (χ4v) is 3.22. The van der Waals surface area contributed by atoms with Crippen molar-refractivity contribution in [1.29, 1.82) is 0 Å². The molecule has 126 valence electrons. The van der Waals surface area contributed by atoms with Crippen molar-refractivity contribution < 1.29 is 4.79 Å². The van der Waals surface area contributed by atoms with Crippen LogP contribution in [0.1, 0.15) is 16.8 Å². The number of rotatable bonds is 3. The Balaban J connectivity index is 1.54. The lowest BCUT2D eigenvalue weighted by molar-refractivity contribution is 0.194. The van der Waals surface area contributed by atoms with Gasteiger partial charge in [0, 0.05) is 38.1 Å². The van der Waals surface area contributed by atoms with E-state index >= 15 is 0 Å². The molecule has 2 aromatic rings. The summed E-state index contributed by atoms with van der Waals surface area (Å²) in [5, 5.41) is 2.95. The van der Waals surface area contributed by atoms with Crippen molar-refractivity contribution in [3.8, 4) is 0 Å². The molecule has 24 heavy (non-hydrogen) atoms. The molecule has 0 atom stereocenters. The largest absolute Gasteiger partial charge is 0.368 e. The maximum atomic E-state index is 12.3. The number of carbonyl (C=O) groups is 1. The van der Waals surface area contributed by atoms with E-state index in [9.17, 15) is 4.79 Å². The van der Waals surface area contributed by atoms with E-state index in [0.717, 1.165) is 31.9 Å². The van der Waals surface area contributed by atoms with Crippen LogP contribution in [0.5, 0.6) is 0 Å². The predicted octanol–water partition coefficient (Wildman–Crippen LogP) is 2.73. The number of aryl methyl sites for hydroxylation is 2. The number of piperazine rings is 1. The van der Waals surface area contributed by atoms with E-state index in [1.165, 1.54) is 16.8 Å². The summed E-state index contributed by atoms with van der Waals surface area (Å²) in [6, 6.07) is 12.1. The smallest absolute Gasteiger partial charge is 0.317 e. The fourth-order valence-electron chi connectivity index (χ4n) is 3.22. The summed E-state index contributed by atoms with van der Waals surface area (Å²) in [5.41, 5.74) is 4.78. The Labute approximate surface area is 143 Å². The van der Waals surface area contributed by atoms with Crippen LogP contribution >= 0.6 is 0 Å². The van der Waals surface area contributed by atoms with Gasteiger partial charge in [-0.05, 0) is 37.1 Å². The van der Waals surface area contributed by atoms with E-state index in [-0.39, 0.29) is 6.03 Å². The van der Waals surface area contributed by atoms with E-state index in [1.807, 2.05) is 23.1 Å². The molecule has 0 radical (unpaired) electrons. The molecule has 5 nitrogen and oxygen atoms in total. The molecule has 3 rings (SSSR count). The van der Waals surface area contributed by atoms with Crippen LogP contribution in [-0.4, -0.2) is 42.1 Å². The SMILES string of the molecule is Cc1cccc(C)c1N1CCN(C(=O)NCc2ccccn2)CC1. The second-order valence-electron chi connectivity index (χ2n) is 6.19. The Kier molecular flexibility index (Phi) is 4.99. The van der Waals surface area contributed by atoms with Gasteiger partial charge in [-0.15, -0.1) is 0 Å². The maximum Gasteiger partial charge on any atom is 0.317 e. The first-order valence-corrected chi connectivity index (χ1v) is 8.39. The summed E-state index contributed by atoms with van der Waals surface area (Å²) in [6.45, 7) is 7.97. The molecule has 0 bridgehead atoms. The summed E-state index contributed by atoms with van der Waals surface area (Å²) in [4.78, 5) is 20.8. The Morgan fingerprint density at radius 1 is 1.04 bits per heavy atom. The highest BCUT2D eigenvalue weighted by Crippen LogP contribution is 2.25. The lowest BCUT2D eigenvalue weighted by Crippen LogP contribution is -2.52. The Morgan fingerprint density at radius 3 is 2.38 bits per heavy atom. The van der Waals surface area contributed by atoms with Crippen LogP contribution in [0.3, 0.4) is 0 Å². The molecular weight excluding hydrogens is 300 g/mol. The molecule has 1 aliphatic rings. The lowest BCUT2D eigenvalue weighted by atomic mass is 10.1. The second-order valence-corrected chi connectivity index (χ2v) is 6.19. The monoisotopic (exact) mass is 324 g/mol. The van der Waals surface area contributed by atoms with Gasteiger partial charge in [0.25, 0.3) is 0 Å². The van der Waals surface area contributed by atoms with Crippen LogP contribution < -0.4 is 10.2 Å². The zero-order valence-corrected chi connectivity index (χ0v) is 14.3. The van der Waals surface area contributed by atoms with Gasteiger partial charge in [0.1, 0.15) is 0 Å². The first-order valence-electron chi connectivity index (χ1n) is 8.39. The molecular formula is C19H24N4O. The summed E-state index contributed by atoms with van der Waals surface area (Å²) in [5.74, 6) is 0. The molecule has 1 aliphatic heterocycles. The number of aromatic nitrogens is 1. The number of hydrogen-bond acceptors (Lipinski definition) is 3. The second kappa shape index (κ2) is 7.34. The van der Waals surface area contributed by atoms with Crippen molar-refractivity contribution >= 4 is 11.7 Å². The molecule has 1 saturated heterocycles. The van der Waals surface area contributed by atoms with Gasteiger partial charge < -0.3 is 15.1 Å². The van der Waals surface area contributed by atoms with Crippen LogP contribution in [0.25, 0.3) is 0 Å². The standard InChI is InChI=1S/C19H24N4O/c1-15-6-5-7-16(2)18(15)22-10-12-23(13-11-22)19(24)21-14-17-8-3-4-9-20-17/h3-9H,10-14H2,1-2H3,(H,21,24). The Morgan fingerprint density at radius 2 is 1.75 bits per heavy atom. The molecule has 1 aromatic carbocycles. The first-order chi connectivity index (χ1) is 11.6. The highest BCUT2D eigenvalue weighted by Gasteiger charge is 2.22. The average molecular weight is 324 g/mol. The third kappa shape index (κ3) is 3.67. The topological polar surface area (TPSA) is 48.5 Å². The molecule has 2 amide bonds. The zero-order valence-electron chi connectivity index (χ0n) is 14.3. The number of carbonyl (C=O) groups excluding carboxylic acids is 1. The number of nitrogens with one attached hydrogen (secondary N) is 1. The van der Waals surface area contributed by atoms with Gasteiger partial charge in [-0.3, -0.25) is 4.98 Å². The van der Waals surface area contributed by atoms with Gasteiger partial charge >= 0.3 is 6.03 Å². The van der Waals surface area contributed by atoms with Crippen molar-refractivity contribution in [2.75, 3.05) is 31.1 Å². The van der Waals surface area contributed by atoms with Gasteiger partial charge in [0.2, 0.25) is 0 Å². The number of amides is 2. The van der Waals surface area contributed by atoms with E-state index in [4.69, 9.17) is 0 Å². The van der Waals surface area contributed by atoms with Gasteiger partial charge in [-0.1, -0.05) is 24.3 Å². The van der Waals surface area contributed by atoms with Crippen molar-refractivity contribution in [1.82, 2.24) is 15.2 Å². The van der Waals surface area contributed by atoms with E-state index in [0.29, 0.717) is 6.54 Å². The molecule has 1 fully saturated rings. The third-order valence-corrected chi connectivity index (χ3v) is 4.47. The average Bonchev–Trinajstić information content (AvgIpc) is 2.61. The van der Waals surface area contributed by atoms with E-state index in [2.05, 4.69) is 47.2 Å².